The van der Waals surface area contributed by atoms with E-state index in [0.29, 0.717) is 11.5 Å². The topological polar surface area (TPSA) is 61.1 Å². The van der Waals surface area contributed by atoms with Crippen molar-refractivity contribution < 1.29 is 9.90 Å². The van der Waals surface area contributed by atoms with Crippen LogP contribution >= 0.6 is 0 Å². The second-order valence-corrected chi connectivity index (χ2v) is 3.71. The number of nitriles is 1. The Bertz CT molecular complexity index is 416. The Balaban J connectivity index is 3.22. The maximum absolute atomic E-state index is 11.0. The first-order valence-electron chi connectivity index (χ1n) is 4.79. The molecule has 0 aliphatic carbocycles. The van der Waals surface area contributed by atoms with Crippen molar-refractivity contribution in [3.05, 3.63) is 34.9 Å². The highest BCUT2D eigenvalue weighted by atomic mass is 16.4. The van der Waals surface area contributed by atoms with E-state index < -0.39 is 5.97 Å². The standard InChI is InChI=1S/C12H13NO2/c1-8(2)10-4-3-9(5-6-13)11(7-10)12(14)15/h3-4,7-8H,5H2,1-2H3,(H,14,15). The van der Waals surface area contributed by atoms with Crippen molar-refractivity contribution in [2.75, 3.05) is 0 Å². The summed E-state index contributed by atoms with van der Waals surface area (Å²) in [7, 11) is 0. The summed E-state index contributed by atoms with van der Waals surface area (Å²) in [6, 6.07) is 7.22. The largest absolute Gasteiger partial charge is 0.478 e. The summed E-state index contributed by atoms with van der Waals surface area (Å²) in [6.45, 7) is 4.01. The van der Waals surface area contributed by atoms with Gasteiger partial charge in [0.15, 0.2) is 0 Å². The lowest BCUT2D eigenvalue weighted by Crippen LogP contribution is -2.03. The summed E-state index contributed by atoms with van der Waals surface area (Å²) in [5.41, 5.74) is 1.80. The van der Waals surface area contributed by atoms with E-state index in [9.17, 15) is 4.79 Å². The number of hydrogen-bond acceptors (Lipinski definition) is 2. The highest BCUT2D eigenvalue weighted by Crippen LogP contribution is 2.19. The summed E-state index contributed by atoms with van der Waals surface area (Å²) in [6.07, 6.45) is 0.139. The molecule has 0 bridgehead atoms. The van der Waals surface area contributed by atoms with Gasteiger partial charge in [0.1, 0.15) is 0 Å². The predicted octanol–water partition coefficient (Wildman–Crippen LogP) is 2.57. The lowest BCUT2D eigenvalue weighted by molar-refractivity contribution is 0.0696. The van der Waals surface area contributed by atoms with E-state index >= 15 is 0 Å². The Morgan fingerprint density at radius 1 is 1.53 bits per heavy atom. The van der Waals surface area contributed by atoms with Gasteiger partial charge in [0, 0.05) is 0 Å². The van der Waals surface area contributed by atoms with E-state index in [0.717, 1.165) is 5.56 Å². The second kappa shape index (κ2) is 4.61. The van der Waals surface area contributed by atoms with Crippen LogP contribution < -0.4 is 0 Å². The minimum absolute atomic E-state index is 0.139. The van der Waals surface area contributed by atoms with Gasteiger partial charge in [-0.2, -0.15) is 5.26 Å². The summed E-state index contributed by atoms with van der Waals surface area (Å²) in [5, 5.41) is 17.6. The van der Waals surface area contributed by atoms with Gasteiger partial charge in [0.25, 0.3) is 0 Å². The average Bonchev–Trinajstić information content (AvgIpc) is 2.18. The van der Waals surface area contributed by atoms with Crippen molar-refractivity contribution in [3.8, 4) is 6.07 Å². The molecule has 0 atom stereocenters. The summed E-state index contributed by atoms with van der Waals surface area (Å²) >= 11 is 0. The molecule has 0 aliphatic rings. The van der Waals surface area contributed by atoms with E-state index in [-0.39, 0.29) is 12.0 Å². The minimum Gasteiger partial charge on any atom is -0.478 e. The monoisotopic (exact) mass is 203 g/mol. The maximum atomic E-state index is 11.0. The first-order valence-corrected chi connectivity index (χ1v) is 4.79. The van der Waals surface area contributed by atoms with Gasteiger partial charge < -0.3 is 5.11 Å². The van der Waals surface area contributed by atoms with Crippen LogP contribution in [0.1, 0.15) is 41.3 Å². The first kappa shape index (κ1) is 11.3. The van der Waals surface area contributed by atoms with Crippen LogP contribution in [0.2, 0.25) is 0 Å². The van der Waals surface area contributed by atoms with Gasteiger partial charge in [0.05, 0.1) is 18.1 Å². The molecule has 3 nitrogen and oxygen atoms in total. The fourth-order valence-corrected chi connectivity index (χ4v) is 1.39. The van der Waals surface area contributed by atoms with Crippen LogP contribution in [0, 0.1) is 11.3 Å². The SMILES string of the molecule is CC(C)c1ccc(CC#N)c(C(=O)O)c1. The molecule has 0 spiro atoms. The Hall–Kier alpha value is -1.82. The number of rotatable bonds is 3. The third-order valence-corrected chi connectivity index (χ3v) is 2.30. The number of benzene rings is 1. The molecule has 1 aromatic rings. The zero-order valence-electron chi connectivity index (χ0n) is 8.82. The van der Waals surface area contributed by atoms with Crippen LogP contribution in [0.15, 0.2) is 18.2 Å². The smallest absolute Gasteiger partial charge is 0.336 e. The van der Waals surface area contributed by atoms with Gasteiger partial charge in [-0.15, -0.1) is 0 Å². The number of carbonyl (C=O) groups is 1. The molecule has 0 radical (unpaired) electrons. The number of carboxylic acids is 1. The highest BCUT2D eigenvalue weighted by Gasteiger charge is 2.11. The Kier molecular flexibility index (Phi) is 3.46. The van der Waals surface area contributed by atoms with Crippen LogP contribution in [0.25, 0.3) is 0 Å². The van der Waals surface area contributed by atoms with Gasteiger partial charge in [0.2, 0.25) is 0 Å². The van der Waals surface area contributed by atoms with Crippen LogP contribution in [0.4, 0.5) is 0 Å². The number of aromatic carboxylic acids is 1. The van der Waals surface area contributed by atoms with Crippen molar-refractivity contribution in [1.29, 1.82) is 5.26 Å². The van der Waals surface area contributed by atoms with E-state index in [1.165, 1.54) is 0 Å². The molecule has 1 aromatic carbocycles. The Morgan fingerprint density at radius 2 is 2.20 bits per heavy atom. The Labute approximate surface area is 89.0 Å². The zero-order chi connectivity index (χ0) is 11.4. The van der Waals surface area contributed by atoms with Crippen LogP contribution in [0.3, 0.4) is 0 Å². The molecule has 0 heterocycles. The highest BCUT2D eigenvalue weighted by molar-refractivity contribution is 5.89. The molecule has 3 heteroatoms. The van der Waals surface area contributed by atoms with E-state index in [1.54, 1.807) is 12.1 Å². The summed E-state index contributed by atoms with van der Waals surface area (Å²) in [5.74, 6) is -0.679. The van der Waals surface area contributed by atoms with Crippen molar-refractivity contribution in [2.45, 2.75) is 26.2 Å². The fraction of sp³-hybridized carbons (Fsp3) is 0.333. The third-order valence-electron chi connectivity index (χ3n) is 2.30. The molecule has 0 amide bonds. The van der Waals surface area contributed by atoms with Gasteiger partial charge in [-0.3, -0.25) is 0 Å². The molecule has 1 N–H and O–H groups in total. The summed E-state index contributed by atoms with van der Waals surface area (Å²) in [4.78, 5) is 11.0. The van der Waals surface area contributed by atoms with Crippen molar-refractivity contribution in [3.63, 3.8) is 0 Å². The molecule has 0 unspecified atom stereocenters. The molecule has 78 valence electrons. The molecular weight excluding hydrogens is 190 g/mol. The molecule has 0 aromatic heterocycles. The number of hydrogen-bond donors (Lipinski definition) is 1. The third kappa shape index (κ3) is 2.57. The second-order valence-electron chi connectivity index (χ2n) is 3.71. The van der Waals surface area contributed by atoms with Crippen LogP contribution in [0.5, 0.6) is 0 Å². The first-order chi connectivity index (χ1) is 7.06. The predicted molar refractivity (Wildman–Crippen MR) is 56.8 cm³/mol. The summed E-state index contributed by atoms with van der Waals surface area (Å²) < 4.78 is 0. The zero-order valence-corrected chi connectivity index (χ0v) is 8.82. The van der Waals surface area contributed by atoms with Gasteiger partial charge >= 0.3 is 5.97 Å². The lowest BCUT2D eigenvalue weighted by atomic mass is 9.96. The lowest BCUT2D eigenvalue weighted by Gasteiger charge is -2.08. The van der Waals surface area contributed by atoms with Crippen molar-refractivity contribution in [1.82, 2.24) is 0 Å². The van der Waals surface area contributed by atoms with Crippen LogP contribution in [-0.2, 0) is 6.42 Å². The molecule has 0 saturated heterocycles. The molecule has 0 saturated carbocycles. The Morgan fingerprint density at radius 3 is 2.67 bits per heavy atom. The molecule has 1 rings (SSSR count). The average molecular weight is 203 g/mol. The molecule has 15 heavy (non-hydrogen) atoms. The quantitative estimate of drug-likeness (QED) is 0.821. The maximum Gasteiger partial charge on any atom is 0.336 e. The van der Waals surface area contributed by atoms with E-state index in [1.807, 2.05) is 26.0 Å². The minimum atomic E-state index is -0.970. The molecule has 0 aliphatic heterocycles. The molecule has 0 fully saturated rings. The van der Waals surface area contributed by atoms with Gasteiger partial charge in [-0.25, -0.2) is 4.79 Å². The fourth-order valence-electron chi connectivity index (χ4n) is 1.39. The van der Waals surface area contributed by atoms with Crippen molar-refractivity contribution >= 4 is 5.97 Å². The molecular formula is C12H13NO2. The van der Waals surface area contributed by atoms with E-state index in [4.69, 9.17) is 10.4 Å². The van der Waals surface area contributed by atoms with Gasteiger partial charge in [-0.1, -0.05) is 26.0 Å². The van der Waals surface area contributed by atoms with Crippen LogP contribution in [-0.4, -0.2) is 11.1 Å². The van der Waals surface area contributed by atoms with Crippen molar-refractivity contribution in [2.24, 2.45) is 0 Å². The van der Waals surface area contributed by atoms with Gasteiger partial charge in [-0.05, 0) is 23.1 Å². The normalized spacial score (nSPS) is 10.0. The number of carboxylic acid groups (broad SMARTS) is 1. The van der Waals surface area contributed by atoms with E-state index in [2.05, 4.69) is 0 Å². The number of nitrogens with zero attached hydrogens (tertiary/aromatic N) is 1.